The van der Waals surface area contributed by atoms with Crippen LogP contribution < -0.4 is 20.7 Å². The Hall–Kier alpha value is -2.81. The molecule has 3 heterocycles. The summed E-state index contributed by atoms with van der Waals surface area (Å²) in [6.07, 6.45) is 2.93. The molecule has 1 amide bonds. The van der Waals surface area contributed by atoms with Crippen LogP contribution in [0.15, 0.2) is 30.6 Å². The minimum absolute atomic E-state index is 0.180. The van der Waals surface area contributed by atoms with Crippen molar-refractivity contribution >= 4 is 17.4 Å². The van der Waals surface area contributed by atoms with E-state index < -0.39 is 11.8 Å². The predicted molar refractivity (Wildman–Crippen MR) is 101 cm³/mol. The molecule has 0 unspecified atom stereocenters. The molecular weight excluding hydrogens is 368 g/mol. The van der Waals surface area contributed by atoms with E-state index in [0.717, 1.165) is 5.69 Å². The summed E-state index contributed by atoms with van der Waals surface area (Å²) in [5.74, 6) is -2.19. The van der Waals surface area contributed by atoms with Gasteiger partial charge in [0.05, 0.1) is 18.4 Å². The first kappa shape index (κ1) is 19.9. The average molecular weight is 391 g/mol. The monoisotopic (exact) mass is 391 g/mol. The number of carbonyl (C=O) groups is 1. The zero-order valence-electron chi connectivity index (χ0n) is 15.6. The van der Waals surface area contributed by atoms with E-state index >= 15 is 0 Å². The fraction of sp³-hybridized carbons (Fsp3) is 0.421. The molecule has 0 saturated carbocycles. The van der Waals surface area contributed by atoms with Crippen LogP contribution in [-0.2, 0) is 6.42 Å². The Balaban J connectivity index is 1.73. The zero-order valence-corrected chi connectivity index (χ0v) is 15.6. The zero-order chi connectivity index (χ0) is 20.1. The quantitative estimate of drug-likeness (QED) is 0.717. The van der Waals surface area contributed by atoms with Gasteiger partial charge in [0.1, 0.15) is 12.3 Å². The number of amides is 1. The maximum atomic E-state index is 13.9. The molecule has 3 rings (SSSR count). The normalized spacial score (nSPS) is 13.8. The fourth-order valence-electron chi connectivity index (χ4n) is 2.98. The van der Waals surface area contributed by atoms with Gasteiger partial charge in [0.25, 0.3) is 5.91 Å². The molecule has 0 spiro atoms. The molecule has 0 radical (unpaired) electrons. The first-order valence-corrected chi connectivity index (χ1v) is 9.07. The largest absolute Gasteiger partial charge is 0.488 e. The third-order valence-corrected chi connectivity index (χ3v) is 4.55. The second-order valence-electron chi connectivity index (χ2n) is 6.64. The summed E-state index contributed by atoms with van der Waals surface area (Å²) in [5, 5.41) is 2.74. The number of anilines is 2. The minimum Gasteiger partial charge on any atom is -0.488 e. The van der Waals surface area contributed by atoms with Crippen molar-refractivity contribution in [3.63, 3.8) is 0 Å². The Morgan fingerprint density at radius 1 is 1.32 bits per heavy atom. The van der Waals surface area contributed by atoms with Crippen molar-refractivity contribution in [1.82, 2.24) is 15.3 Å². The summed E-state index contributed by atoms with van der Waals surface area (Å²) in [6, 6.07) is 5.04. The molecule has 0 bridgehead atoms. The summed E-state index contributed by atoms with van der Waals surface area (Å²) in [4.78, 5) is 21.5. The lowest BCUT2D eigenvalue weighted by Crippen LogP contribution is -2.30. The molecule has 0 fully saturated rings. The number of primary amides is 1. The Labute approximate surface area is 161 Å². The molecule has 0 saturated heterocycles. The summed E-state index contributed by atoms with van der Waals surface area (Å²) in [6.45, 7) is 1.25. The summed E-state index contributed by atoms with van der Waals surface area (Å²) in [5.41, 5.74) is 6.84. The van der Waals surface area contributed by atoms with Crippen LogP contribution in [0.1, 0.15) is 28.9 Å². The van der Waals surface area contributed by atoms with Crippen LogP contribution in [0.3, 0.4) is 0 Å². The molecule has 150 valence electrons. The number of carbonyl (C=O) groups excluding carboxylic acids is 1. The Bertz CT molecular complexity index is 830. The second kappa shape index (κ2) is 8.47. The van der Waals surface area contributed by atoms with Crippen molar-refractivity contribution in [3.8, 4) is 5.75 Å². The van der Waals surface area contributed by atoms with Crippen LogP contribution in [-0.4, -0.2) is 48.5 Å². The van der Waals surface area contributed by atoms with Gasteiger partial charge in [-0.1, -0.05) is 0 Å². The van der Waals surface area contributed by atoms with Gasteiger partial charge in [-0.05, 0) is 37.2 Å². The van der Waals surface area contributed by atoms with Gasteiger partial charge < -0.3 is 20.7 Å². The van der Waals surface area contributed by atoms with E-state index in [9.17, 15) is 13.6 Å². The predicted octanol–water partition coefficient (Wildman–Crippen LogP) is 2.28. The van der Waals surface area contributed by atoms with E-state index in [4.69, 9.17) is 10.5 Å². The number of nitrogens with two attached hydrogens (primary N) is 1. The molecule has 0 aliphatic carbocycles. The fourth-order valence-corrected chi connectivity index (χ4v) is 2.98. The number of halogens is 2. The summed E-state index contributed by atoms with van der Waals surface area (Å²) < 4.78 is 33.4. The number of alkyl halides is 2. The van der Waals surface area contributed by atoms with E-state index in [2.05, 4.69) is 15.3 Å². The smallest absolute Gasteiger partial charge is 0.267 e. The standard InChI is InChI=1S/C19H23F2N5O2/c1-23-7-6-19(20,21)5-4-13-10-16-18(25-11-13)26(8-9-28-16)14-2-3-15(17(22)27)24-12-14/h2-3,10-12,23H,4-9H2,1H3,(H2,22,27). The molecule has 9 heteroatoms. The van der Waals surface area contributed by atoms with E-state index in [1.807, 2.05) is 4.90 Å². The van der Waals surface area contributed by atoms with Crippen LogP contribution in [0.4, 0.5) is 20.3 Å². The molecule has 28 heavy (non-hydrogen) atoms. The third kappa shape index (κ3) is 4.72. The summed E-state index contributed by atoms with van der Waals surface area (Å²) >= 11 is 0. The summed E-state index contributed by atoms with van der Waals surface area (Å²) in [7, 11) is 1.66. The lowest BCUT2D eigenvalue weighted by molar-refractivity contribution is -0.0148. The Morgan fingerprint density at radius 3 is 2.82 bits per heavy atom. The van der Waals surface area contributed by atoms with Crippen LogP contribution in [0, 0.1) is 0 Å². The molecule has 2 aromatic rings. The molecule has 1 aliphatic rings. The highest BCUT2D eigenvalue weighted by Crippen LogP contribution is 2.35. The molecule has 7 nitrogen and oxygen atoms in total. The van der Waals surface area contributed by atoms with Gasteiger partial charge in [0.15, 0.2) is 11.6 Å². The highest BCUT2D eigenvalue weighted by Gasteiger charge is 2.28. The van der Waals surface area contributed by atoms with Gasteiger partial charge >= 0.3 is 0 Å². The number of hydrogen-bond donors (Lipinski definition) is 2. The van der Waals surface area contributed by atoms with E-state index in [1.165, 1.54) is 0 Å². The van der Waals surface area contributed by atoms with Crippen molar-refractivity contribution in [1.29, 1.82) is 0 Å². The molecule has 0 atom stereocenters. The number of pyridine rings is 2. The highest BCUT2D eigenvalue weighted by molar-refractivity contribution is 5.91. The van der Waals surface area contributed by atoms with Crippen molar-refractivity contribution in [2.45, 2.75) is 25.2 Å². The molecule has 2 aromatic heterocycles. The number of nitrogens with one attached hydrogen (secondary N) is 1. The van der Waals surface area contributed by atoms with Crippen LogP contribution >= 0.6 is 0 Å². The second-order valence-corrected chi connectivity index (χ2v) is 6.64. The number of nitrogens with zero attached hydrogens (tertiary/aromatic N) is 3. The topological polar surface area (TPSA) is 93.4 Å². The molecule has 1 aliphatic heterocycles. The van der Waals surface area contributed by atoms with Crippen LogP contribution in [0.2, 0.25) is 0 Å². The van der Waals surface area contributed by atoms with Crippen LogP contribution in [0.25, 0.3) is 0 Å². The van der Waals surface area contributed by atoms with Gasteiger partial charge in [-0.2, -0.15) is 0 Å². The molecule has 3 N–H and O–H groups in total. The SMILES string of the molecule is CNCCC(F)(F)CCc1cnc2c(c1)OCCN2c1ccc(C(N)=O)nc1. The van der Waals surface area contributed by atoms with E-state index in [0.29, 0.717) is 30.3 Å². The van der Waals surface area contributed by atoms with Crippen molar-refractivity contribution in [2.75, 3.05) is 31.6 Å². The number of ether oxygens (including phenoxy) is 1. The maximum absolute atomic E-state index is 13.9. The number of fused-ring (bicyclic) bond motifs is 1. The molecule has 0 aromatic carbocycles. The lowest BCUT2D eigenvalue weighted by atomic mass is 10.1. The number of aromatic nitrogens is 2. The van der Waals surface area contributed by atoms with Crippen molar-refractivity contribution in [2.24, 2.45) is 5.73 Å². The van der Waals surface area contributed by atoms with Crippen molar-refractivity contribution < 1.29 is 18.3 Å². The van der Waals surface area contributed by atoms with Gasteiger partial charge in [-0.25, -0.2) is 18.7 Å². The lowest BCUT2D eigenvalue weighted by Gasteiger charge is -2.30. The minimum atomic E-state index is -2.72. The first-order chi connectivity index (χ1) is 13.4. The number of hydrogen-bond acceptors (Lipinski definition) is 6. The average Bonchev–Trinajstić information content (AvgIpc) is 2.70. The third-order valence-electron chi connectivity index (χ3n) is 4.55. The number of aryl methyl sites for hydroxylation is 1. The van der Waals surface area contributed by atoms with E-state index in [-0.39, 0.29) is 31.5 Å². The Kier molecular flexibility index (Phi) is 6.03. The van der Waals surface area contributed by atoms with Crippen molar-refractivity contribution in [3.05, 3.63) is 41.9 Å². The number of rotatable bonds is 8. The van der Waals surface area contributed by atoms with E-state index in [1.54, 1.807) is 37.6 Å². The maximum Gasteiger partial charge on any atom is 0.267 e. The molecular formula is C19H23F2N5O2. The van der Waals surface area contributed by atoms with Gasteiger partial charge in [0, 0.05) is 25.6 Å². The van der Waals surface area contributed by atoms with Crippen LogP contribution in [0.5, 0.6) is 5.75 Å². The Morgan fingerprint density at radius 2 is 2.14 bits per heavy atom. The van der Waals surface area contributed by atoms with Gasteiger partial charge in [0.2, 0.25) is 5.92 Å². The first-order valence-electron chi connectivity index (χ1n) is 9.07. The highest BCUT2D eigenvalue weighted by atomic mass is 19.3. The van der Waals surface area contributed by atoms with Gasteiger partial charge in [-0.3, -0.25) is 4.79 Å². The van der Waals surface area contributed by atoms with Gasteiger partial charge in [-0.15, -0.1) is 0 Å².